The molecule has 0 spiro atoms. The lowest BCUT2D eigenvalue weighted by Crippen LogP contribution is -2.55. The molecule has 1 heterocycles. The van der Waals surface area contributed by atoms with Crippen molar-refractivity contribution in [2.45, 2.75) is 58.5 Å². The van der Waals surface area contributed by atoms with E-state index < -0.39 is 0 Å². The van der Waals surface area contributed by atoms with Crippen LogP contribution in [0.3, 0.4) is 0 Å². The van der Waals surface area contributed by atoms with E-state index in [1.54, 1.807) is 0 Å². The van der Waals surface area contributed by atoms with Crippen LogP contribution in [-0.4, -0.2) is 60.6 Å². The minimum absolute atomic E-state index is 0.336. The van der Waals surface area contributed by atoms with Crippen molar-refractivity contribution >= 4 is 0 Å². The summed E-state index contributed by atoms with van der Waals surface area (Å²) < 4.78 is 0. The average molecular weight is 267 g/mol. The minimum Gasteiger partial charge on any atom is -0.312 e. The highest BCUT2D eigenvalue weighted by molar-refractivity contribution is 4.90. The van der Waals surface area contributed by atoms with Crippen LogP contribution in [0.1, 0.15) is 47.0 Å². The van der Waals surface area contributed by atoms with E-state index in [0.29, 0.717) is 5.54 Å². The summed E-state index contributed by atoms with van der Waals surface area (Å²) in [7, 11) is 0. The Morgan fingerprint density at radius 2 is 1.74 bits per heavy atom. The lowest BCUT2D eigenvalue weighted by atomic mass is 10.0. The number of nitrogens with one attached hydrogen (secondary N) is 1. The summed E-state index contributed by atoms with van der Waals surface area (Å²) in [6.45, 7) is 16.7. The van der Waals surface area contributed by atoms with E-state index in [4.69, 9.17) is 0 Å². The van der Waals surface area contributed by atoms with Crippen LogP contribution < -0.4 is 5.32 Å². The van der Waals surface area contributed by atoms with E-state index in [-0.39, 0.29) is 0 Å². The molecule has 0 radical (unpaired) electrons. The predicted molar refractivity (Wildman–Crippen MR) is 82.6 cm³/mol. The van der Waals surface area contributed by atoms with Gasteiger partial charge in [0.25, 0.3) is 0 Å². The topological polar surface area (TPSA) is 18.5 Å². The summed E-state index contributed by atoms with van der Waals surface area (Å²) in [5.74, 6) is 0.965. The van der Waals surface area contributed by atoms with Crippen molar-refractivity contribution in [3.8, 4) is 0 Å². The maximum atomic E-state index is 3.76. The van der Waals surface area contributed by atoms with Crippen LogP contribution in [0.5, 0.6) is 0 Å². The lowest BCUT2D eigenvalue weighted by molar-refractivity contribution is 0.0568. The number of nitrogens with zero attached hydrogens (tertiary/aromatic N) is 2. The third kappa shape index (κ3) is 4.73. The van der Waals surface area contributed by atoms with Crippen LogP contribution in [0, 0.1) is 5.92 Å². The van der Waals surface area contributed by atoms with Gasteiger partial charge >= 0.3 is 0 Å². The molecular weight excluding hydrogens is 234 g/mol. The third-order valence-electron chi connectivity index (χ3n) is 4.62. The fourth-order valence-corrected chi connectivity index (χ4v) is 3.09. The Kier molecular flexibility index (Phi) is 5.27. The zero-order valence-electron chi connectivity index (χ0n) is 13.4. The van der Waals surface area contributed by atoms with Crippen LogP contribution in [0.25, 0.3) is 0 Å². The summed E-state index contributed by atoms with van der Waals surface area (Å²) in [4.78, 5) is 5.29. The highest BCUT2D eigenvalue weighted by atomic mass is 15.3. The average Bonchev–Trinajstić information content (AvgIpc) is 3.18. The minimum atomic E-state index is 0.336. The summed E-state index contributed by atoms with van der Waals surface area (Å²) >= 11 is 0. The van der Waals surface area contributed by atoms with Crippen LogP contribution in [0.4, 0.5) is 0 Å². The molecule has 1 atom stereocenters. The normalized spacial score (nSPS) is 24.6. The standard InChI is InChI=1S/C16H33N3/c1-5-8-17-15(14-6-7-14)13-18-9-11-19(12-10-18)16(2,3)4/h14-15,17H,5-13H2,1-4H3. The van der Waals surface area contributed by atoms with Crippen LogP contribution in [-0.2, 0) is 0 Å². The molecule has 3 heteroatoms. The first-order chi connectivity index (χ1) is 9.00. The maximum absolute atomic E-state index is 3.76. The zero-order valence-corrected chi connectivity index (χ0v) is 13.4. The van der Waals surface area contributed by atoms with Crippen LogP contribution >= 0.6 is 0 Å². The van der Waals surface area contributed by atoms with Crippen molar-refractivity contribution in [2.75, 3.05) is 39.3 Å². The molecule has 0 amide bonds. The molecule has 0 bridgehead atoms. The van der Waals surface area contributed by atoms with Crippen molar-refractivity contribution in [1.82, 2.24) is 15.1 Å². The van der Waals surface area contributed by atoms with E-state index in [9.17, 15) is 0 Å². The third-order valence-corrected chi connectivity index (χ3v) is 4.62. The first-order valence-corrected chi connectivity index (χ1v) is 8.21. The van der Waals surface area contributed by atoms with Gasteiger partial charge in [-0.2, -0.15) is 0 Å². The largest absolute Gasteiger partial charge is 0.312 e. The first-order valence-electron chi connectivity index (χ1n) is 8.21. The Morgan fingerprint density at radius 1 is 1.11 bits per heavy atom. The molecule has 2 aliphatic rings. The van der Waals surface area contributed by atoms with Crippen molar-refractivity contribution in [2.24, 2.45) is 5.92 Å². The van der Waals surface area contributed by atoms with Gasteiger partial charge in [-0.25, -0.2) is 0 Å². The molecular formula is C16H33N3. The molecule has 1 saturated heterocycles. The lowest BCUT2D eigenvalue weighted by Gasteiger charge is -2.43. The number of hydrogen-bond donors (Lipinski definition) is 1. The van der Waals surface area contributed by atoms with Gasteiger partial charge in [0.05, 0.1) is 0 Å². The van der Waals surface area contributed by atoms with E-state index in [1.165, 1.54) is 58.5 Å². The summed E-state index contributed by atoms with van der Waals surface area (Å²) in [6.07, 6.45) is 4.15. The number of rotatable bonds is 6. The Balaban J connectivity index is 1.74. The number of hydrogen-bond acceptors (Lipinski definition) is 3. The predicted octanol–water partition coefficient (Wildman–Crippen LogP) is 2.18. The molecule has 0 aromatic rings. The molecule has 0 aromatic carbocycles. The van der Waals surface area contributed by atoms with Gasteiger partial charge in [0, 0.05) is 44.3 Å². The molecule has 1 aliphatic carbocycles. The Labute approximate surface area is 119 Å². The number of piperazine rings is 1. The van der Waals surface area contributed by atoms with E-state index >= 15 is 0 Å². The van der Waals surface area contributed by atoms with Crippen LogP contribution in [0.2, 0.25) is 0 Å². The van der Waals surface area contributed by atoms with Gasteiger partial charge in [-0.15, -0.1) is 0 Å². The van der Waals surface area contributed by atoms with Crippen molar-refractivity contribution in [3.05, 3.63) is 0 Å². The molecule has 2 fully saturated rings. The van der Waals surface area contributed by atoms with Crippen LogP contribution in [0.15, 0.2) is 0 Å². The second-order valence-corrected chi connectivity index (χ2v) is 7.36. The smallest absolute Gasteiger partial charge is 0.0223 e. The second kappa shape index (κ2) is 6.55. The zero-order chi connectivity index (χ0) is 13.9. The molecule has 0 aromatic heterocycles. The first kappa shape index (κ1) is 15.3. The van der Waals surface area contributed by atoms with E-state index in [2.05, 4.69) is 42.8 Å². The van der Waals surface area contributed by atoms with E-state index in [1.807, 2.05) is 0 Å². The molecule has 19 heavy (non-hydrogen) atoms. The SMILES string of the molecule is CCCNC(CN1CCN(C(C)(C)C)CC1)C1CC1. The van der Waals surface area contributed by atoms with Gasteiger partial charge in [0.15, 0.2) is 0 Å². The molecule has 1 N–H and O–H groups in total. The fraction of sp³-hybridized carbons (Fsp3) is 1.00. The van der Waals surface area contributed by atoms with Gasteiger partial charge < -0.3 is 5.32 Å². The Bertz CT molecular complexity index is 260. The van der Waals surface area contributed by atoms with Gasteiger partial charge in [0.1, 0.15) is 0 Å². The van der Waals surface area contributed by atoms with Gasteiger partial charge in [-0.05, 0) is 52.5 Å². The van der Waals surface area contributed by atoms with Gasteiger partial charge in [0.2, 0.25) is 0 Å². The molecule has 2 rings (SSSR count). The highest BCUT2D eigenvalue weighted by Crippen LogP contribution is 2.33. The van der Waals surface area contributed by atoms with Crippen molar-refractivity contribution in [3.63, 3.8) is 0 Å². The monoisotopic (exact) mass is 267 g/mol. The summed E-state index contributed by atoms with van der Waals surface area (Å²) in [5.41, 5.74) is 0.336. The molecule has 3 nitrogen and oxygen atoms in total. The van der Waals surface area contributed by atoms with Crippen molar-refractivity contribution < 1.29 is 0 Å². The summed E-state index contributed by atoms with van der Waals surface area (Å²) in [6, 6.07) is 0.751. The van der Waals surface area contributed by atoms with Gasteiger partial charge in [-0.3, -0.25) is 9.80 Å². The van der Waals surface area contributed by atoms with E-state index in [0.717, 1.165) is 12.0 Å². The molecule has 112 valence electrons. The highest BCUT2D eigenvalue weighted by Gasteiger charge is 2.33. The quantitative estimate of drug-likeness (QED) is 0.796. The Morgan fingerprint density at radius 3 is 2.21 bits per heavy atom. The Hall–Kier alpha value is -0.120. The molecule has 1 saturated carbocycles. The maximum Gasteiger partial charge on any atom is 0.0223 e. The molecule has 1 unspecified atom stereocenters. The second-order valence-electron chi connectivity index (χ2n) is 7.36. The summed E-state index contributed by atoms with van der Waals surface area (Å²) in [5, 5.41) is 3.76. The van der Waals surface area contributed by atoms with Crippen molar-refractivity contribution in [1.29, 1.82) is 0 Å². The fourth-order valence-electron chi connectivity index (χ4n) is 3.09. The van der Waals surface area contributed by atoms with Gasteiger partial charge in [-0.1, -0.05) is 6.92 Å². The molecule has 1 aliphatic heterocycles.